The zero-order valence-corrected chi connectivity index (χ0v) is 11.1. The van der Waals surface area contributed by atoms with Gasteiger partial charge in [-0.2, -0.15) is 4.98 Å². The summed E-state index contributed by atoms with van der Waals surface area (Å²) in [6.07, 6.45) is 2.27. The van der Waals surface area contributed by atoms with Gasteiger partial charge in [-0.05, 0) is 18.9 Å². The third-order valence-electron chi connectivity index (χ3n) is 3.42. The molecule has 0 spiro atoms. The van der Waals surface area contributed by atoms with E-state index in [-0.39, 0.29) is 12.4 Å². The minimum Gasteiger partial charge on any atom is -0.338 e. The van der Waals surface area contributed by atoms with Gasteiger partial charge in [0.15, 0.2) is 5.82 Å². The van der Waals surface area contributed by atoms with Gasteiger partial charge in [0.05, 0.1) is 13.1 Å². The van der Waals surface area contributed by atoms with Crippen molar-refractivity contribution < 1.29 is 8.91 Å². The molecule has 1 aromatic heterocycles. The third-order valence-corrected chi connectivity index (χ3v) is 3.42. The number of hydrogen-bond acceptors (Lipinski definition) is 5. The topological polar surface area (TPSA) is 68.2 Å². The van der Waals surface area contributed by atoms with Crippen molar-refractivity contribution in [3.05, 3.63) is 47.4 Å². The van der Waals surface area contributed by atoms with Crippen molar-refractivity contribution >= 4 is 0 Å². The Morgan fingerprint density at radius 1 is 1.30 bits per heavy atom. The van der Waals surface area contributed by atoms with Crippen molar-refractivity contribution in [3.63, 3.8) is 0 Å². The Labute approximate surface area is 116 Å². The first-order chi connectivity index (χ1) is 9.76. The maximum Gasteiger partial charge on any atom is 0.240 e. The summed E-state index contributed by atoms with van der Waals surface area (Å²) >= 11 is 0. The molecule has 20 heavy (non-hydrogen) atoms. The molecule has 1 aliphatic carbocycles. The first kappa shape index (κ1) is 13.2. The van der Waals surface area contributed by atoms with Gasteiger partial charge in [0.2, 0.25) is 5.89 Å². The number of nitrogens with zero attached hydrogens (tertiary/aromatic N) is 3. The lowest BCUT2D eigenvalue weighted by molar-refractivity contribution is 0.232. The number of benzene rings is 1. The van der Waals surface area contributed by atoms with Crippen LogP contribution in [0.25, 0.3) is 0 Å². The molecule has 6 heteroatoms. The largest absolute Gasteiger partial charge is 0.338 e. The van der Waals surface area contributed by atoms with Crippen molar-refractivity contribution in [2.24, 2.45) is 5.73 Å². The standard InChI is InChI=1S/C14H17FN4O/c15-12-4-2-1-3-10(12)8-19(11-5-6-11)9-13-17-14(7-16)20-18-13/h1-4,11H,5-9,16H2. The van der Waals surface area contributed by atoms with Crippen molar-refractivity contribution in [3.8, 4) is 0 Å². The highest BCUT2D eigenvalue weighted by Gasteiger charge is 2.30. The number of halogens is 1. The molecule has 1 heterocycles. The number of hydrogen-bond donors (Lipinski definition) is 1. The number of rotatable bonds is 6. The van der Waals surface area contributed by atoms with Crippen LogP contribution < -0.4 is 5.73 Å². The van der Waals surface area contributed by atoms with Crippen molar-refractivity contribution in [2.45, 2.75) is 38.5 Å². The molecule has 2 aromatic rings. The van der Waals surface area contributed by atoms with Gasteiger partial charge in [0, 0.05) is 18.2 Å². The summed E-state index contributed by atoms with van der Waals surface area (Å²) in [5.41, 5.74) is 6.15. The Morgan fingerprint density at radius 2 is 2.10 bits per heavy atom. The van der Waals surface area contributed by atoms with Gasteiger partial charge in [0.25, 0.3) is 0 Å². The van der Waals surface area contributed by atoms with E-state index in [1.807, 2.05) is 12.1 Å². The highest BCUT2D eigenvalue weighted by atomic mass is 19.1. The van der Waals surface area contributed by atoms with Crippen LogP contribution in [0.3, 0.4) is 0 Å². The van der Waals surface area contributed by atoms with Crippen LogP contribution >= 0.6 is 0 Å². The summed E-state index contributed by atoms with van der Waals surface area (Å²) in [5, 5.41) is 3.90. The Kier molecular flexibility index (Phi) is 3.75. The fourth-order valence-corrected chi connectivity index (χ4v) is 2.22. The molecule has 1 aromatic carbocycles. The van der Waals surface area contributed by atoms with Crippen LogP contribution in [0, 0.1) is 5.82 Å². The van der Waals surface area contributed by atoms with Crippen molar-refractivity contribution in [1.82, 2.24) is 15.0 Å². The highest BCUT2D eigenvalue weighted by Crippen LogP contribution is 2.29. The minimum atomic E-state index is -0.172. The summed E-state index contributed by atoms with van der Waals surface area (Å²) in [7, 11) is 0. The van der Waals surface area contributed by atoms with Crippen LogP contribution in [-0.4, -0.2) is 21.1 Å². The molecule has 106 valence electrons. The normalized spacial score (nSPS) is 14.9. The van der Waals surface area contributed by atoms with Crippen LogP contribution in [0.1, 0.15) is 30.1 Å². The Bertz CT molecular complexity index is 582. The highest BCUT2D eigenvalue weighted by molar-refractivity contribution is 5.17. The van der Waals surface area contributed by atoms with Crippen LogP contribution in [0.5, 0.6) is 0 Å². The van der Waals surface area contributed by atoms with Gasteiger partial charge in [0.1, 0.15) is 5.82 Å². The first-order valence-corrected chi connectivity index (χ1v) is 6.75. The molecule has 3 rings (SSSR count). The van der Waals surface area contributed by atoms with E-state index in [2.05, 4.69) is 15.0 Å². The SMILES string of the molecule is NCc1nc(CN(Cc2ccccc2F)C2CC2)no1. The lowest BCUT2D eigenvalue weighted by Crippen LogP contribution is -2.26. The molecule has 0 unspecified atom stereocenters. The maximum absolute atomic E-state index is 13.7. The molecular formula is C14H17FN4O. The van der Waals surface area contributed by atoms with E-state index >= 15 is 0 Å². The lowest BCUT2D eigenvalue weighted by atomic mass is 10.2. The van der Waals surface area contributed by atoms with Gasteiger partial charge in [-0.3, -0.25) is 4.90 Å². The number of nitrogens with two attached hydrogens (primary N) is 1. The second-order valence-corrected chi connectivity index (χ2v) is 5.04. The van der Waals surface area contributed by atoms with E-state index in [4.69, 9.17) is 10.3 Å². The molecule has 0 bridgehead atoms. The molecule has 0 saturated heterocycles. The lowest BCUT2D eigenvalue weighted by Gasteiger charge is -2.20. The molecule has 2 N–H and O–H groups in total. The zero-order valence-electron chi connectivity index (χ0n) is 11.1. The second-order valence-electron chi connectivity index (χ2n) is 5.04. The Morgan fingerprint density at radius 3 is 2.75 bits per heavy atom. The van der Waals surface area contributed by atoms with Crippen LogP contribution in [0.4, 0.5) is 4.39 Å². The smallest absolute Gasteiger partial charge is 0.240 e. The van der Waals surface area contributed by atoms with E-state index in [0.29, 0.717) is 36.4 Å². The molecule has 5 nitrogen and oxygen atoms in total. The predicted octanol–water partition coefficient (Wildman–Crippen LogP) is 1.83. The fraction of sp³-hybridized carbons (Fsp3) is 0.429. The Balaban J connectivity index is 1.71. The van der Waals surface area contributed by atoms with Gasteiger partial charge in [-0.1, -0.05) is 23.4 Å². The van der Waals surface area contributed by atoms with Crippen molar-refractivity contribution in [1.29, 1.82) is 0 Å². The molecule has 1 saturated carbocycles. The molecule has 0 atom stereocenters. The molecule has 0 amide bonds. The second kappa shape index (κ2) is 5.68. The molecule has 0 radical (unpaired) electrons. The monoisotopic (exact) mass is 276 g/mol. The molecular weight excluding hydrogens is 259 g/mol. The summed E-state index contributed by atoms with van der Waals surface area (Å²) in [5.74, 6) is 0.865. The average Bonchev–Trinajstić information content (AvgIpc) is 3.21. The summed E-state index contributed by atoms with van der Waals surface area (Å²) < 4.78 is 18.7. The van der Waals surface area contributed by atoms with E-state index in [1.165, 1.54) is 6.07 Å². The Hall–Kier alpha value is -1.79. The van der Waals surface area contributed by atoms with Crippen LogP contribution in [0.15, 0.2) is 28.8 Å². The molecule has 1 fully saturated rings. The van der Waals surface area contributed by atoms with Crippen molar-refractivity contribution in [2.75, 3.05) is 0 Å². The van der Waals surface area contributed by atoms with Crippen LogP contribution in [0.2, 0.25) is 0 Å². The average molecular weight is 276 g/mol. The fourth-order valence-electron chi connectivity index (χ4n) is 2.22. The van der Waals surface area contributed by atoms with Gasteiger partial charge >= 0.3 is 0 Å². The zero-order chi connectivity index (χ0) is 13.9. The summed E-state index contributed by atoms with van der Waals surface area (Å²) in [6.45, 7) is 1.36. The summed E-state index contributed by atoms with van der Waals surface area (Å²) in [6, 6.07) is 7.33. The quantitative estimate of drug-likeness (QED) is 0.871. The molecule has 1 aliphatic rings. The maximum atomic E-state index is 13.7. The molecule has 0 aliphatic heterocycles. The van der Waals surface area contributed by atoms with Gasteiger partial charge in [-0.15, -0.1) is 0 Å². The first-order valence-electron chi connectivity index (χ1n) is 6.75. The van der Waals surface area contributed by atoms with Crippen LogP contribution in [-0.2, 0) is 19.6 Å². The predicted molar refractivity (Wildman–Crippen MR) is 70.9 cm³/mol. The van der Waals surface area contributed by atoms with E-state index in [1.54, 1.807) is 6.07 Å². The van der Waals surface area contributed by atoms with Gasteiger partial charge < -0.3 is 10.3 Å². The minimum absolute atomic E-state index is 0.172. The van der Waals surface area contributed by atoms with Gasteiger partial charge in [-0.25, -0.2) is 4.39 Å². The third kappa shape index (κ3) is 3.02. The summed E-state index contributed by atoms with van der Waals surface area (Å²) in [4.78, 5) is 6.39. The van der Waals surface area contributed by atoms with E-state index < -0.39 is 0 Å². The number of aromatic nitrogens is 2. The van der Waals surface area contributed by atoms with E-state index in [0.717, 1.165) is 12.8 Å². The van der Waals surface area contributed by atoms with E-state index in [9.17, 15) is 4.39 Å².